The lowest BCUT2D eigenvalue weighted by molar-refractivity contribution is -0.137. The predicted molar refractivity (Wildman–Crippen MR) is 107 cm³/mol. The molecule has 1 saturated heterocycles. The molecule has 0 spiro atoms. The van der Waals surface area contributed by atoms with Gasteiger partial charge in [-0.3, -0.25) is 10.3 Å². The van der Waals surface area contributed by atoms with Crippen molar-refractivity contribution < 1.29 is 17.6 Å². The van der Waals surface area contributed by atoms with Crippen LogP contribution in [-0.2, 0) is 6.18 Å². The Balaban J connectivity index is 2.14. The summed E-state index contributed by atoms with van der Waals surface area (Å²) in [6.45, 7) is 2.37. The number of nitrogens with one attached hydrogen (secondary N) is 1. The molecular formula is C20H16F4N4S. The minimum absolute atomic E-state index is 0.0168. The zero-order valence-corrected chi connectivity index (χ0v) is 16.3. The quantitative estimate of drug-likeness (QED) is 0.548. The van der Waals surface area contributed by atoms with Crippen LogP contribution in [0, 0.1) is 23.7 Å². The molecule has 2 aromatic rings. The second-order valence-electron chi connectivity index (χ2n) is 6.88. The van der Waals surface area contributed by atoms with E-state index >= 15 is 0 Å². The van der Waals surface area contributed by atoms with Gasteiger partial charge in [0.1, 0.15) is 18.0 Å². The van der Waals surface area contributed by atoms with Crippen molar-refractivity contribution in [2.45, 2.75) is 25.6 Å². The topological polar surface area (TPSA) is 54.1 Å². The first-order valence-corrected chi connectivity index (χ1v) is 8.92. The smallest absolute Gasteiger partial charge is 0.302 e. The van der Waals surface area contributed by atoms with E-state index in [1.807, 2.05) is 6.92 Å². The summed E-state index contributed by atoms with van der Waals surface area (Å²) in [6, 6.07) is 11.6. The summed E-state index contributed by atoms with van der Waals surface area (Å²) in [5, 5.41) is 17.5. The van der Waals surface area contributed by atoms with E-state index in [0.29, 0.717) is 5.69 Å². The van der Waals surface area contributed by atoms with Crippen molar-refractivity contribution >= 4 is 34.5 Å². The lowest BCUT2D eigenvalue weighted by Gasteiger charge is -2.31. The first-order chi connectivity index (χ1) is 13.5. The van der Waals surface area contributed by atoms with E-state index in [1.165, 1.54) is 24.0 Å². The number of alkyl halides is 4. The van der Waals surface area contributed by atoms with Crippen molar-refractivity contribution in [3.63, 3.8) is 0 Å². The monoisotopic (exact) mass is 420 g/mol. The molecule has 1 N–H and O–H groups in total. The predicted octanol–water partition coefficient (Wildman–Crippen LogP) is 5.20. The fourth-order valence-corrected chi connectivity index (χ4v) is 3.71. The van der Waals surface area contributed by atoms with E-state index in [2.05, 4.69) is 0 Å². The molecule has 29 heavy (non-hydrogen) atoms. The molecule has 1 aliphatic heterocycles. The Hall–Kier alpha value is -2.99. The third kappa shape index (κ3) is 3.34. The number of amidine groups is 1. The van der Waals surface area contributed by atoms with Crippen LogP contribution in [-0.4, -0.2) is 23.2 Å². The zero-order valence-electron chi connectivity index (χ0n) is 15.5. The summed E-state index contributed by atoms with van der Waals surface area (Å²) < 4.78 is 54.2. The van der Waals surface area contributed by atoms with E-state index < -0.39 is 29.5 Å². The standard InChI is InChI=1S/C20H16F4N4S/c1-12-3-6-14(7-4-12)28-18(29)27(17(26)19(28,2)11-21)15-8-5-13(10-25)16(9-15)20(22,23)24/h3-9,26H,11H2,1-2H3. The molecule has 0 radical (unpaired) electrons. The molecule has 3 rings (SSSR count). The maximum atomic E-state index is 14.1. The van der Waals surface area contributed by atoms with Crippen LogP contribution < -0.4 is 9.80 Å². The molecule has 1 unspecified atom stereocenters. The number of anilines is 2. The van der Waals surface area contributed by atoms with Crippen molar-refractivity contribution in [1.82, 2.24) is 0 Å². The van der Waals surface area contributed by atoms with E-state index in [0.717, 1.165) is 22.6 Å². The zero-order chi connectivity index (χ0) is 21.6. The van der Waals surface area contributed by atoms with Crippen molar-refractivity contribution in [1.29, 1.82) is 10.7 Å². The lowest BCUT2D eigenvalue weighted by Crippen LogP contribution is -2.49. The summed E-state index contributed by atoms with van der Waals surface area (Å²) >= 11 is 5.45. The van der Waals surface area contributed by atoms with Gasteiger partial charge < -0.3 is 4.90 Å². The van der Waals surface area contributed by atoms with Gasteiger partial charge in [0, 0.05) is 5.69 Å². The number of halogens is 4. The third-order valence-electron chi connectivity index (χ3n) is 4.85. The highest BCUT2D eigenvalue weighted by Crippen LogP contribution is 2.40. The highest BCUT2D eigenvalue weighted by Gasteiger charge is 2.51. The van der Waals surface area contributed by atoms with Crippen LogP contribution in [0.2, 0.25) is 0 Å². The van der Waals surface area contributed by atoms with Gasteiger partial charge in [0.2, 0.25) is 0 Å². The molecule has 1 heterocycles. The number of nitriles is 1. The van der Waals surface area contributed by atoms with Crippen molar-refractivity contribution in [3.8, 4) is 6.07 Å². The number of hydrogen-bond donors (Lipinski definition) is 1. The lowest BCUT2D eigenvalue weighted by atomic mass is 10.0. The van der Waals surface area contributed by atoms with Crippen LogP contribution in [0.15, 0.2) is 42.5 Å². The van der Waals surface area contributed by atoms with Gasteiger partial charge in [-0.25, -0.2) is 4.39 Å². The Morgan fingerprint density at radius 1 is 1.14 bits per heavy atom. The average Bonchev–Trinajstić information content (AvgIpc) is 2.88. The molecule has 1 fully saturated rings. The van der Waals surface area contributed by atoms with Gasteiger partial charge in [-0.1, -0.05) is 17.7 Å². The van der Waals surface area contributed by atoms with Crippen LogP contribution in [0.1, 0.15) is 23.6 Å². The van der Waals surface area contributed by atoms with Crippen LogP contribution >= 0.6 is 12.2 Å². The third-order valence-corrected chi connectivity index (χ3v) is 5.21. The molecule has 0 bridgehead atoms. The normalized spacial score (nSPS) is 19.6. The van der Waals surface area contributed by atoms with Crippen LogP contribution in [0.5, 0.6) is 0 Å². The SMILES string of the molecule is Cc1ccc(N2C(=S)N(c3ccc(C#N)c(C(F)(F)F)c3)C(=N)C2(C)CF)cc1. The largest absolute Gasteiger partial charge is 0.417 e. The first kappa shape index (κ1) is 20.7. The van der Waals surface area contributed by atoms with E-state index in [1.54, 1.807) is 24.3 Å². The minimum atomic E-state index is -4.76. The van der Waals surface area contributed by atoms with Crippen molar-refractivity contribution in [3.05, 3.63) is 59.2 Å². The summed E-state index contributed by atoms with van der Waals surface area (Å²) in [7, 11) is 0. The highest BCUT2D eigenvalue weighted by molar-refractivity contribution is 7.81. The molecule has 0 aliphatic carbocycles. The van der Waals surface area contributed by atoms with Gasteiger partial charge in [0.15, 0.2) is 5.11 Å². The Labute approximate surface area is 170 Å². The molecule has 1 atom stereocenters. The Morgan fingerprint density at radius 2 is 1.72 bits per heavy atom. The number of benzene rings is 2. The molecule has 4 nitrogen and oxygen atoms in total. The van der Waals surface area contributed by atoms with Crippen LogP contribution in [0.3, 0.4) is 0 Å². The highest BCUT2D eigenvalue weighted by atomic mass is 32.1. The maximum absolute atomic E-state index is 14.1. The molecule has 150 valence electrons. The maximum Gasteiger partial charge on any atom is 0.417 e. The molecule has 2 aromatic carbocycles. The number of aryl methyl sites for hydroxylation is 1. The van der Waals surface area contributed by atoms with Gasteiger partial charge in [0.05, 0.1) is 22.9 Å². The van der Waals surface area contributed by atoms with Gasteiger partial charge in [0.25, 0.3) is 0 Å². The number of thiocarbonyl (C=S) groups is 1. The first-order valence-electron chi connectivity index (χ1n) is 8.52. The minimum Gasteiger partial charge on any atom is -0.302 e. The Bertz CT molecular complexity index is 1030. The van der Waals surface area contributed by atoms with Crippen molar-refractivity contribution in [2.75, 3.05) is 16.5 Å². The van der Waals surface area contributed by atoms with E-state index in [-0.39, 0.29) is 16.6 Å². The summed E-state index contributed by atoms with van der Waals surface area (Å²) in [4.78, 5) is 2.53. The second kappa shape index (κ2) is 7.12. The van der Waals surface area contributed by atoms with Gasteiger partial charge >= 0.3 is 6.18 Å². The Morgan fingerprint density at radius 3 is 2.24 bits per heavy atom. The molecule has 0 amide bonds. The average molecular weight is 420 g/mol. The number of nitrogens with zero attached hydrogens (tertiary/aromatic N) is 3. The summed E-state index contributed by atoms with van der Waals surface area (Å²) in [5.41, 5.74) is -1.73. The molecule has 9 heteroatoms. The second-order valence-corrected chi connectivity index (χ2v) is 7.25. The Kier molecular flexibility index (Phi) is 5.09. The molecular weight excluding hydrogens is 404 g/mol. The van der Waals surface area contributed by atoms with E-state index in [9.17, 15) is 17.6 Å². The van der Waals surface area contributed by atoms with E-state index in [4.69, 9.17) is 22.9 Å². The van der Waals surface area contributed by atoms with Crippen molar-refractivity contribution in [2.24, 2.45) is 0 Å². The molecule has 0 aromatic heterocycles. The fourth-order valence-electron chi connectivity index (χ4n) is 3.21. The number of rotatable bonds is 3. The summed E-state index contributed by atoms with van der Waals surface area (Å²) in [6.07, 6.45) is -4.76. The van der Waals surface area contributed by atoms with Crippen LogP contribution in [0.4, 0.5) is 28.9 Å². The van der Waals surface area contributed by atoms with Gasteiger partial charge in [-0.05, 0) is 56.4 Å². The van der Waals surface area contributed by atoms with Crippen LogP contribution in [0.25, 0.3) is 0 Å². The molecule has 0 saturated carbocycles. The summed E-state index contributed by atoms with van der Waals surface area (Å²) in [5.74, 6) is -0.289. The van der Waals surface area contributed by atoms with Gasteiger partial charge in [-0.15, -0.1) is 0 Å². The molecule has 1 aliphatic rings. The fraction of sp³-hybridized carbons (Fsp3) is 0.250. The number of hydrogen-bond acceptors (Lipinski definition) is 3. The van der Waals surface area contributed by atoms with Gasteiger partial charge in [-0.2, -0.15) is 18.4 Å².